The SMILES string of the molecule is N#CCCSCc1ccc(C(=O)O)cc1. The molecule has 0 bridgehead atoms. The number of benzene rings is 1. The molecular formula is C11H11NO2S. The van der Waals surface area contributed by atoms with Crippen molar-refractivity contribution in [3.63, 3.8) is 0 Å². The molecule has 0 aliphatic rings. The van der Waals surface area contributed by atoms with Crippen molar-refractivity contribution in [2.75, 3.05) is 5.75 Å². The van der Waals surface area contributed by atoms with E-state index in [1.54, 1.807) is 23.9 Å². The van der Waals surface area contributed by atoms with Crippen molar-refractivity contribution in [3.8, 4) is 6.07 Å². The van der Waals surface area contributed by atoms with Crippen molar-refractivity contribution in [1.29, 1.82) is 5.26 Å². The van der Waals surface area contributed by atoms with Gasteiger partial charge in [-0.25, -0.2) is 4.79 Å². The fourth-order valence-electron chi connectivity index (χ4n) is 1.05. The minimum absolute atomic E-state index is 0.306. The van der Waals surface area contributed by atoms with E-state index in [2.05, 4.69) is 6.07 Å². The van der Waals surface area contributed by atoms with E-state index >= 15 is 0 Å². The van der Waals surface area contributed by atoms with Gasteiger partial charge in [-0.3, -0.25) is 0 Å². The first kappa shape index (κ1) is 11.6. The van der Waals surface area contributed by atoms with Gasteiger partial charge in [-0.2, -0.15) is 17.0 Å². The monoisotopic (exact) mass is 221 g/mol. The molecule has 0 saturated carbocycles. The summed E-state index contributed by atoms with van der Waals surface area (Å²) in [6.07, 6.45) is 0.553. The molecule has 3 nitrogen and oxygen atoms in total. The Kier molecular flexibility index (Phi) is 4.72. The third-order valence-corrected chi connectivity index (χ3v) is 2.86. The average Bonchev–Trinajstić information content (AvgIpc) is 2.25. The van der Waals surface area contributed by atoms with Gasteiger partial charge in [-0.1, -0.05) is 12.1 Å². The minimum Gasteiger partial charge on any atom is -0.478 e. The van der Waals surface area contributed by atoms with Crippen LogP contribution in [0.5, 0.6) is 0 Å². The van der Waals surface area contributed by atoms with E-state index < -0.39 is 5.97 Å². The summed E-state index contributed by atoms with van der Waals surface area (Å²) in [4.78, 5) is 10.6. The highest BCUT2D eigenvalue weighted by molar-refractivity contribution is 7.98. The first-order valence-electron chi connectivity index (χ1n) is 4.51. The van der Waals surface area contributed by atoms with Crippen LogP contribution < -0.4 is 0 Å². The molecule has 1 rings (SSSR count). The van der Waals surface area contributed by atoms with Crippen LogP contribution in [0.3, 0.4) is 0 Å². The average molecular weight is 221 g/mol. The van der Waals surface area contributed by atoms with Crippen molar-refractivity contribution >= 4 is 17.7 Å². The van der Waals surface area contributed by atoms with E-state index in [1.165, 1.54) is 0 Å². The molecule has 1 aromatic carbocycles. The van der Waals surface area contributed by atoms with Crippen LogP contribution in [0.4, 0.5) is 0 Å². The van der Waals surface area contributed by atoms with E-state index in [9.17, 15) is 4.79 Å². The van der Waals surface area contributed by atoms with E-state index in [1.807, 2.05) is 12.1 Å². The summed E-state index contributed by atoms with van der Waals surface area (Å²) in [6.45, 7) is 0. The Morgan fingerprint density at radius 2 is 2.07 bits per heavy atom. The maximum atomic E-state index is 10.6. The Labute approximate surface area is 92.7 Å². The van der Waals surface area contributed by atoms with Crippen molar-refractivity contribution < 1.29 is 9.90 Å². The molecule has 0 amide bonds. The molecule has 0 radical (unpaired) electrons. The lowest BCUT2D eigenvalue weighted by Gasteiger charge is -2.00. The zero-order chi connectivity index (χ0) is 11.1. The molecule has 0 aliphatic heterocycles. The van der Waals surface area contributed by atoms with Crippen LogP contribution >= 0.6 is 11.8 Å². The predicted octanol–water partition coefficient (Wildman–Crippen LogP) is 2.53. The molecule has 15 heavy (non-hydrogen) atoms. The summed E-state index contributed by atoms with van der Waals surface area (Å²) in [5.74, 6) is 0.734. The largest absolute Gasteiger partial charge is 0.478 e. The van der Waals surface area contributed by atoms with Crippen LogP contribution in [0.15, 0.2) is 24.3 Å². The third kappa shape index (κ3) is 4.05. The molecule has 0 heterocycles. The summed E-state index contributed by atoms with van der Waals surface area (Å²) < 4.78 is 0. The Bertz CT molecular complexity index is 367. The fourth-order valence-corrected chi connectivity index (χ4v) is 1.86. The number of nitriles is 1. The van der Waals surface area contributed by atoms with Gasteiger partial charge in [0.05, 0.1) is 11.6 Å². The maximum Gasteiger partial charge on any atom is 0.335 e. The van der Waals surface area contributed by atoms with Crippen molar-refractivity contribution in [1.82, 2.24) is 0 Å². The summed E-state index contributed by atoms with van der Waals surface area (Å²) >= 11 is 1.68. The summed E-state index contributed by atoms with van der Waals surface area (Å²) in [7, 11) is 0. The maximum absolute atomic E-state index is 10.6. The number of hydrogen-bond donors (Lipinski definition) is 1. The molecule has 0 fully saturated rings. The van der Waals surface area contributed by atoms with E-state index in [4.69, 9.17) is 10.4 Å². The number of nitrogens with zero attached hydrogens (tertiary/aromatic N) is 1. The normalized spacial score (nSPS) is 9.53. The molecule has 0 aliphatic carbocycles. The van der Waals surface area contributed by atoms with Crippen LogP contribution in [0.2, 0.25) is 0 Å². The predicted molar refractivity (Wildman–Crippen MR) is 59.8 cm³/mol. The quantitative estimate of drug-likeness (QED) is 0.776. The van der Waals surface area contributed by atoms with Crippen molar-refractivity contribution in [2.24, 2.45) is 0 Å². The highest BCUT2D eigenvalue weighted by Gasteiger charge is 2.01. The van der Waals surface area contributed by atoms with E-state index in [0.717, 1.165) is 17.1 Å². The molecule has 78 valence electrons. The fraction of sp³-hybridized carbons (Fsp3) is 0.273. The van der Waals surface area contributed by atoms with Crippen LogP contribution in [-0.4, -0.2) is 16.8 Å². The molecule has 0 atom stereocenters. The van der Waals surface area contributed by atoms with Crippen molar-refractivity contribution in [2.45, 2.75) is 12.2 Å². The van der Waals surface area contributed by atoms with E-state index in [-0.39, 0.29) is 0 Å². The van der Waals surface area contributed by atoms with E-state index in [0.29, 0.717) is 12.0 Å². The molecule has 1 aromatic rings. The smallest absolute Gasteiger partial charge is 0.335 e. The molecule has 0 saturated heterocycles. The van der Waals surface area contributed by atoms with Gasteiger partial charge < -0.3 is 5.11 Å². The van der Waals surface area contributed by atoms with Gasteiger partial charge in [0.25, 0.3) is 0 Å². The zero-order valence-corrected chi connectivity index (χ0v) is 8.96. The van der Waals surface area contributed by atoms with Gasteiger partial charge in [0.1, 0.15) is 0 Å². The number of aromatic carboxylic acids is 1. The first-order valence-corrected chi connectivity index (χ1v) is 5.66. The number of thioether (sulfide) groups is 1. The number of carboxylic acid groups (broad SMARTS) is 1. The number of rotatable bonds is 5. The zero-order valence-electron chi connectivity index (χ0n) is 8.14. The van der Waals surface area contributed by atoms with Gasteiger partial charge in [0.2, 0.25) is 0 Å². The van der Waals surface area contributed by atoms with Gasteiger partial charge in [-0.05, 0) is 17.7 Å². The topological polar surface area (TPSA) is 61.1 Å². The first-order chi connectivity index (χ1) is 7.24. The Morgan fingerprint density at radius 1 is 1.40 bits per heavy atom. The van der Waals surface area contributed by atoms with Gasteiger partial charge in [-0.15, -0.1) is 0 Å². The highest BCUT2D eigenvalue weighted by Crippen LogP contribution is 2.13. The number of carboxylic acids is 1. The second-order valence-electron chi connectivity index (χ2n) is 2.96. The standard InChI is InChI=1S/C11H11NO2S/c12-6-1-7-15-8-9-2-4-10(5-3-9)11(13)14/h2-5H,1,7-8H2,(H,13,14). The lowest BCUT2D eigenvalue weighted by molar-refractivity contribution is 0.0697. The molecule has 0 spiro atoms. The molecule has 1 N–H and O–H groups in total. The van der Waals surface area contributed by atoms with Crippen LogP contribution in [0.25, 0.3) is 0 Å². The Hall–Kier alpha value is -1.47. The third-order valence-electron chi connectivity index (χ3n) is 1.83. The second-order valence-corrected chi connectivity index (χ2v) is 4.07. The van der Waals surface area contributed by atoms with Crippen LogP contribution in [-0.2, 0) is 5.75 Å². The summed E-state index contributed by atoms with van der Waals surface area (Å²) in [5.41, 5.74) is 1.39. The lowest BCUT2D eigenvalue weighted by atomic mass is 10.1. The highest BCUT2D eigenvalue weighted by atomic mass is 32.2. The van der Waals surface area contributed by atoms with Crippen LogP contribution in [0.1, 0.15) is 22.3 Å². The van der Waals surface area contributed by atoms with Gasteiger partial charge >= 0.3 is 5.97 Å². The molecule has 0 unspecified atom stereocenters. The minimum atomic E-state index is -0.904. The lowest BCUT2D eigenvalue weighted by Crippen LogP contribution is -1.95. The summed E-state index contributed by atoms with van der Waals surface area (Å²) in [6, 6.07) is 8.90. The second kappa shape index (κ2) is 6.10. The number of hydrogen-bond acceptors (Lipinski definition) is 3. The Balaban J connectivity index is 2.43. The molecular weight excluding hydrogens is 210 g/mol. The van der Waals surface area contributed by atoms with Crippen molar-refractivity contribution in [3.05, 3.63) is 35.4 Å². The number of carbonyl (C=O) groups is 1. The molecule has 0 aromatic heterocycles. The summed E-state index contributed by atoms with van der Waals surface area (Å²) in [5, 5.41) is 17.0. The van der Waals surface area contributed by atoms with Crippen LogP contribution in [0, 0.1) is 11.3 Å². The van der Waals surface area contributed by atoms with Gasteiger partial charge in [0, 0.05) is 17.9 Å². The molecule has 4 heteroatoms. The van der Waals surface area contributed by atoms with Gasteiger partial charge in [0.15, 0.2) is 0 Å². The Morgan fingerprint density at radius 3 is 2.60 bits per heavy atom.